The molecule has 0 rings (SSSR count). The van der Waals surface area contributed by atoms with Gasteiger partial charge < -0.3 is 11.5 Å². The molecular weight excluding hydrogens is 243 g/mol. The Morgan fingerprint density at radius 2 is 1.06 bits per heavy atom. The van der Waals surface area contributed by atoms with Gasteiger partial charge in [-0.15, -0.1) is 0 Å². The van der Waals surface area contributed by atoms with E-state index < -0.39 is 7.26 Å². The lowest BCUT2D eigenvalue weighted by Crippen LogP contribution is -2.00. The van der Waals surface area contributed by atoms with E-state index in [0.717, 1.165) is 18.5 Å². The fourth-order valence-corrected chi connectivity index (χ4v) is 3.66. The highest BCUT2D eigenvalue weighted by Gasteiger charge is 2.29. The lowest BCUT2D eigenvalue weighted by atomic mass is 10.7. The first-order valence-electron chi connectivity index (χ1n) is 5.09. The molecular formula is C13H22N4P+. The molecule has 0 aromatic carbocycles. The van der Waals surface area contributed by atoms with Gasteiger partial charge in [0.1, 0.15) is 0 Å². The quantitative estimate of drug-likeness (QED) is 0.320. The largest absolute Gasteiger partial charge is 0.337 e. The number of nitrogens with two attached hydrogens (primary N) is 2. The minimum atomic E-state index is -1.07. The molecule has 0 aromatic heterocycles. The van der Waals surface area contributed by atoms with Crippen LogP contribution in [0, 0.1) is 22.9 Å². The third-order valence-electron chi connectivity index (χ3n) is 1.87. The van der Waals surface area contributed by atoms with Crippen LogP contribution < -0.4 is 11.5 Å². The van der Waals surface area contributed by atoms with E-state index in [4.69, 9.17) is 10.5 Å². The van der Waals surface area contributed by atoms with Crippen LogP contribution in [0.15, 0.2) is 50.4 Å². The summed E-state index contributed by atoms with van der Waals surface area (Å²) in [7, 11) is -1.07. The number of hydrogen-bond acceptors (Lipinski definition) is 4. The van der Waals surface area contributed by atoms with Crippen LogP contribution >= 0.6 is 7.26 Å². The minimum absolute atomic E-state index is 1.05. The van der Waals surface area contributed by atoms with Crippen LogP contribution in [0.2, 0.25) is 0 Å². The number of nitrogens with zero attached hydrogens (tertiary/aromatic N) is 2. The molecule has 0 fully saturated rings. The smallest absolute Gasteiger partial charge is 0.173 e. The molecule has 4 nitrogen and oxygen atoms in total. The van der Waals surface area contributed by atoms with E-state index >= 15 is 0 Å². The molecule has 0 bridgehead atoms. The van der Waals surface area contributed by atoms with Crippen LogP contribution in [0.5, 0.6) is 0 Å². The molecule has 0 amide bonds. The Morgan fingerprint density at radius 3 is 1.17 bits per heavy atom. The van der Waals surface area contributed by atoms with Gasteiger partial charge in [-0.2, -0.15) is 10.5 Å². The standard InChI is InChI=1S/C11H18P.2CH2N2/c1-5-9-12(8-4,10-6-2)11-7-3;2*2-1-3/h5-8H,1-4,9-11H2;2*2H2/q+1;;. The molecule has 4 N–H and O–H groups in total. The fraction of sp³-hybridized carbons (Fsp3) is 0.231. The third-order valence-corrected chi connectivity index (χ3v) is 5.60. The Morgan fingerprint density at radius 1 is 0.833 bits per heavy atom. The molecule has 0 aliphatic carbocycles. The normalized spacial score (nSPS) is 7.67. The molecule has 0 radical (unpaired) electrons. The van der Waals surface area contributed by atoms with Crippen molar-refractivity contribution in [3.05, 3.63) is 50.4 Å². The summed E-state index contributed by atoms with van der Waals surface area (Å²) in [4.78, 5) is 0. The van der Waals surface area contributed by atoms with Crippen LogP contribution in [-0.2, 0) is 0 Å². The maximum atomic E-state index is 7.10. The molecule has 0 aliphatic rings. The molecule has 0 saturated heterocycles. The summed E-state index contributed by atoms with van der Waals surface area (Å²) in [6.45, 7) is 15.2. The minimum Gasteiger partial charge on any atom is -0.337 e. The predicted molar refractivity (Wildman–Crippen MR) is 81.9 cm³/mol. The van der Waals surface area contributed by atoms with Gasteiger partial charge in [0.2, 0.25) is 0 Å². The Kier molecular flexibility index (Phi) is 20.5. The van der Waals surface area contributed by atoms with Gasteiger partial charge in [0.15, 0.2) is 12.4 Å². The SMILES string of the molecule is C=CC[P+](C=C)(CC=C)CC=C.N#CN.N#CN. The first-order valence-corrected chi connectivity index (χ1v) is 7.50. The summed E-state index contributed by atoms with van der Waals surface area (Å²) >= 11 is 0. The summed E-state index contributed by atoms with van der Waals surface area (Å²) in [6.07, 6.45) is 11.6. The summed E-state index contributed by atoms with van der Waals surface area (Å²) < 4.78 is 0. The van der Waals surface area contributed by atoms with Crippen LogP contribution in [0.4, 0.5) is 0 Å². The maximum Gasteiger partial charge on any atom is 0.173 e. The molecule has 0 atom stereocenters. The van der Waals surface area contributed by atoms with Crippen molar-refractivity contribution in [2.75, 3.05) is 18.5 Å². The zero-order valence-corrected chi connectivity index (χ0v) is 11.6. The second kappa shape index (κ2) is 17.4. The van der Waals surface area contributed by atoms with Gasteiger partial charge in [-0.05, 0) is 0 Å². The number of rotatable bonds is 7. The molecule has 98 valence electrons. The summed E-state index contributed by atoms with van der Waals surface area (Å²) in [5, 5.41) is 14.2. The number of allylic oxidation sites excluding steroid dienone is 3. The van der Waals surface area contributed by atoms with E-state index in [9.17, 15) is 0 Å². The Labute approximate surface area is 111 Å². The topological polar surface area (TPSA) is 99.6 Å². The van der Waals surface area contributed by atoms with Crippen molar-refractivity contribution in [3.8, 4) is 12.4 Å². The average molecular weight is 265 g/mol. The summed E-state index contributed by atoms with van der Waals surface area (Å²) in [6, 6.07) is 0. The molecule has 5 heteroatoms. The third kappa shape index (κ3) is 14.0. The summed E-state index contributed by atoms with van der Waals surface area (Å²) in [5.41, 5.74) is 8.31. The zero-order valence-electron chi connectivity index (χ0n) is 10.8. The van der Waals surface area contributed by atoms with Crippen molar-refractivity contribution in [3.63, 3.8) is 0 Å². The van der Waals surface area contributed by atoms with Crippen molar-refractivity contribution < 1.29 is 0 Å². The zero-order chi connectivity index (χ0) is 14.9. The number of nitriles is 2. The molecule has 0 heterocycles. The van der Waals surface area contributed by atoms with Crippen LogP contribution in [0.25, 0.3) is 0 Å². The van der Waals surface area contributed by atoms with Crippen molar-refractivity contribution in [2.45, 2.75) is 0 Å². The highest BCUT2D eigenvalue weighted by atomic mass is 31.2. The van der Waals surface area contributed by atoms with Gasteiger partial charge in [0.25, 0.3) is 0 Å². The van der Waals surface area contributed by atoms with E-state index in [0.29, 0.717) is 0 Å². The highest BCUT2D eigenvalue weighted by molar-refractivity contribution is 7.79. The van der Waals surface area contributed by atoms with Gasteiger partial charge in [-0.3, -0.25) is 0 Å². The van der Waals surface area contributed by atoms with Crippen molar-refractivity contribution in [2.24, 2.45) is 11.5 Å². The highest BCUT2D eigenvalue weighted by Crippen LogP contribution is 2.59. The predicted octanol–water partition coefficient (Wildman–Crippen LogP) is 2.56. The lowest BCUT2D eigenvalue weighted by Gasteiger charge is -2.18. The van der Waals surface area contributed by atoms with Crippen LogP contribution in [0.1, 0.15) is 0 Å². The monoisotopic (exact) mass is 265 g/mol. The van der Waals surface area contributed by atoms with Crippen LogP contribution in [-0.4, -0.2) is 18.5 Å². The van der Waals surface area contributed by atoms with Gasteiger partial charge in [0, 0.05) is 0 Å². The molecule has 0 aliphatic heterocycles. The molecule has 0 saturated carbocycles. The van der Waals surface area contributed by atoms with E-state index in [1.807, 2.05) is 18.2 Å². The Hall–Kier alpha value is -2.03. The van der Waals surface area contributed by atoms with Gasteiger partial charge in [-0.25, -0.2) is 0 Å². The average Bonchev–Trinajstić information content (AvgIpc) is 2.32. The van der Waals surface area contributed by atoms with E-state index in [1.165, 1.54) is 12.4 Å². The number of hydrogen-bond donors (Lipinski definition) is 2. The molecule has 0 unspecified atom stereocenters. The second-order valence-corrected chi connectivity index (χ2v) is 6.97. The summed E-state index contributed by atoms with van der Waals surface area (Å²) in [5.74, 6) is 2.10. The molecule has 18 heavy (non-hydrogen) atoms. The molecule has 0 aromatic rings. The van der Waals surface area contributed by atoms with Gasteiger partial charge in [0.05, 0.1) is 31.6 Å². The molecule has 0 spiro atoms. The van der Waals surface area contributed by atoms with Gasteiger partial charge >= 0.3 is 0 Å². The first kappa shape index (κ1) is 21.3. The van der Waals surface area contributed by atoms with Crippen molar-refractivity contribution >= 4 is 7.26 Å². The first-order chi connectivity index (χ1) is 8.57. The second-order valence-electron chi connectivity index (χ2n) is 3.07. The fourth-order valence-electron chi connectivity index (χ4n) is 1.22. The van der Waals surface area contributed by atoms with Crippen molar-refractivity contribution in [1.82, 2.24) is 0 Å². The van der Waals surface area contributed by atoms with Gasteiger partial charge in [-0.1, -0.05) is 44.5 Å². The maximum absolute atomic E-state index is 7.10. The van der Waals surface area contributed by atoms with Crippen molar-refractivity contribution in [1.29, 1.82) is 10.5 Å². The van der Waals surface area contributed by atoms with E-state index in [2.05, 4.69) is 43.6 Å². The van der Waals surface area contributed by atoms with E-state index in [-0.39, 0.29) is 0 Å². The Bertz CT molecular complexity index is 284. The lowest BCUT2D eigenvalue weighted by molar-refractivity contribution is 1.45. The Balaban J connectivity index is -0.000000315. The van der Waals surface area contributed by atoms with E-state index in [1.54, 1.807) is 0 Å². The van der Waals surface area contributed by atoms with Crippen LogP contribution in [0.3, 0.4) is 0 Å².